The van der Waals surface area contributed by atoms with Crippen molar-refractivity contribution in [1.82, 2.24) is 10.2 Å². The predicted octanol–water partition coefficient (Wildman–Crippen LogP) is 4.19. The molecule has 7 nitrogen and oxygen atoms in total. The maximum Gasteiger partial charge on any atom is 0.264 e. The molecule has 0 radical (unpaired) electrons. The topological polar surface area (TPSA) is 86.8 Å². The second-order valence-corrected chi connectivity index (χ2v) is 10.7. The molecule has 0 spiro atoms. The molecule has 0 bridgehead atoms. The van der Waals surface area contributed by atoms with E-state index in [2.05, 4.69) is 5.32 Å². The normalized spacial score (nSPS) is 12.0. The van der Waals surface area contributed by atoms with Crippen LogP contribution in [-0.4, -0.2) is 44.3 Å². The number of benzene rings is 3. The van der Waals surface area contributed by atoms with Crippen molar-refractivity contribution in [1.29, 1.82) is 0 Å². The summed E-state index contributed by atoms with van der Waals surface area (Å²) in [5.74, 6) is -1.36. The van der Waals surface area contributed by atoms with Gasteiger partial charge >= 0.3 is 0 Å². The predicted molar refractivity (Wildman–Crippen MR) is 142 cm³/mol. The van der Waals surface area contributed by atoms with Crippen molar-refractivity contribution in [3.05, 3.63) is 95.3 Å². The summed E-state index contributed by atoms with van der Waals surface area (Å²) in [5.41, 5.74) is 2.62. The van der Waals surface area contributed by atoms with E-state index in [-0.39, 0.29) is 17.3 Å². The SMILES string of the molecule is CCNC(=O)C(C)N(Cc1ccc(F)cc1)C(=O)CN(c1ccc(C)cc1C)S(=O)(=O)c1ccccc1. The van der Waals surface area contributed by atoms with E-state index >= 15 is 0 Å². The molecule has 0 saturated heterocycles. The van der Waals surface area contributed by atoms with Crippen LogP contribution in [0.4, 0.5) is 10.1 Å². The van der Waals surface area contributed by atoms with Crippen molar-refractivity contribution >= 4 is 27.5 Å². The Morgan fingerprint density at radius 2 is 1.62 bits per heavy atom. The molecule has 0 aliphatic rings. The molecule has 1 atom stereocenters. The highest BCUT2D eigenvalue weighted by molar-refractivity contribution is 7.92. The van der Waals surface area contributed by atoms with Crippen molar-refractivity contribution in [3.63, 3.8) is 0 Å². The van der Waals surface area contributed by atoms with E-state index in [1.807, 2.05) is 13.0 Å². The fourth-order valence-corrected chi connectivity index (χ4v) is 5.51. The van der Waals surface area contributed by atoms with Crippen molar-refractivity contribution in [2.24, 2.45) is 0 Å². The Bertz CT molecular complexity index is 1350. The van der Waals surface area contributed by atoms with E-state index in [4.69, 9.17) is 0 Å². The number of sulfonamides is 1. The number of nitrogens with zero attached hydrogens (tertiary/aromatic N) is 2. The highest BCUT2D eigenvalue weighted by atomic mass is 32.2. The van der Waals surface area contributed by atoms with Crippen LogP contribution in [0.1, 0.15) is 30.5 Å². The Hall–Kier alpha value is -3.72. The number of halogens is 1. The number of nitrogens with one attached hydrogen (secondary N) is 1. The second-order valence-electron chi connectivity index (χ2n) is 8.83. The fraction of sp³-hybridized carbons (Fsp3) is 0.286. The molecule has 0 heterocycles. The monoisotopic (exact) mass is 525 g/mol. The van der Waals surface area contributed by atoms with Crippen molar-refractivity contribution in [2.75, 3.05) is 17.4 Å². The van der Waals surface area contributed by atoms with E-state index in [0.29, 0.717) is 23.4 Å². The van der Waals surface area contributed by atoms with Gasteiger partial charge in [0.1, 0.15) is 18.4 Å². The Kier molecular flexibility index (Phi) is 9.04. The molecule has 0 aliphatic heterocycles. The van der Waals surface area contributed by atoms with E-state index in [1.54, 1.807) is 51.1 Å². The minimum Gasteiger partial charge on any atom is -0.355 e. The summed E-state index contributed by atoms with van der Waals surface area (Å²) < 4.78 is 42.1. The summed E-state index contributed by atoms with van der Waals surface area (Å²) in [7, 11) is -4.12. The first-order chi connectivity index (χ1) is 17.5. The van der Waals surface area contributed by atoms with Gasteiger partial charge in [-0.1, -0.05) is 48.0 Å². The third-order valence-corrected chi connectivity index (χ3v) is 7.79. The fourth-order valence-electron chi connectivity index (χ4n) is 4.01. The van der Waals surface area contributed by atoms with Crippen LogP contribution in [0.2, 0.25) is 0 Å². The molecule has 0 saturated carbocycles. The smallest absolute Gasteiger partial charge is 0.264 e. The quantitative estimate of drug-likeness (QED) is 0.430. The lowest BCUT2D eigenvalue weighted by Gasteiger charge is -2.32. The number of anilines is 1. The van der Waals surface area contributed by atoms with E-state index in [1.165, 1.54) is 41.3 Å². The lowest BCUT2D eigenvalue weighted by Crippen LogP contribution is -2.51. The van der Waals surface area contributed by atoms with Crippen molar-refractivity contribution < 1.29 is 22.4 Å². The molecule has 0 fully saturated rings. The van der Waals surface area contributed by atoms with Gasteiger partial charge in [0.05, 0.1) is 10.6 Å². The maximum absolute atomic E-state index is 13.8. The van der Waals surface area contributed by atoms with E-state index in [9.17, 15) is 22.4 Å². The summed E-state index contributed by atoms with van der Waals surface area (Å²) in [6, 6.07) is 17.9. The Morgan fingerprint density at radius 3 is 2.22 bits per heavy atom. The van der Waals surface area contributed by atoms with Crippen LogP contribution in [0.3, 0.4) is 0 Å². The van der Waals surface area contributed by atoms with Crippen LogP contribution in [0.5, 0.6) is 0 Å². The van der Waals surface area contributed by atoms with Crippen LogP contribution in [0, 0.1) is 19.7 Å². The minimum absolute atomic E-state index is 0.00349. The molecule has 3 rings (SSSR count). The number of hydrogen-bond donors (Lipinski definition) is 1. The summed E-state index contributed by atoms with van der Waals surface area (Å²) in [6.07, 6.45) is 0. The van der Waals surface area contributed by atoms with Gasteiger partial charge < -0.3 is 10.2 Å². The zero-order valence-electron chi connectivity index (χ0n) is 21.4. The van der Waals surface area contributed by atoms with Crippen LogP contribution in [-0.2, 0) is 26.2 Å². The van der Waals surface area contributed by atoms with Gasteiger partial charge in [-0.2, -0.15) is 0 Å². The lowest BCUT2D eigenvalue weighted by atomic mass is 10.1. The standard InChI is InChI=1S/C28H32FN3O4S/c1-5-30-28(34)22(4)31(18-23-12-14-24(29)15-13-23)27(33)19-32(26-16-11-20(2)17-21(26)3)37(35,36)25-9-7-6-8-10-25/h6-17,22H,5,18-19H2,1-4H3,(H,30,34). The summed E-state index contributed by atoms with van der Waals surface area (Å²) in [4.78, 5) is 27.8. The second kappa shape index (κ2) is 12.0. The van der Waals surface area contributed by atoms with E-state index < -0.39 is 34.3 Å². The highest BCUT2D eigenvalue weighted by Gasteiger charge is 2.33. The lowest BCUT2D eigenvalue weighted by molar-refractivity contribution is -0.139. The zero-order valence-corrected chi connectivity index (χ0v) is 22.3. The molecule has 0 aromatic heterocycles. The van der Waals surface area contributed by atoms with Gasteiger partial charge in [0, 0.05) is 13.1 Å². The molecule has 1 N–H and O–H groups in total. The molecular weight excluding hydrogens is 493 g/mol. The first kappa shape index (κ1) is 27.9. The average molecular weight is 526 g/mol. The number of likely N-dealkylation sites (N-methyl/N-ethyl adjacent to an activating group) is 1. The van der Waals surface area contributed by atoms with Gasteiger partial charge in [-0.15, -0.1) is 0 Å². The first-order valence-corrected chi connectivity index (χ1v) is 13.4. The Balaban J connectivity index is 2.04. The Labute approximate surface area is 218 Å². The van der Waals surface area contributed by atoms with Gasteiger partial charge in [0.25, 0.3) is 10.0 Å². The third-order valence-electron chi connectivity index (χ3n) is 6.02. The molecule has 3 aromatic rings. The Morgan fingerprint density at radius 1 is 0.973 bits per heavy atom. The third kappa shape index (κ3) is 6.74. The van der Waals surface area contributed by atoms with Gasteiger partial charge in [-0.3, -0.25) is 13.9 Å². The van der Waals surface area contributed by atoms with Crippen LogP contribution < -0.4 is 9.62 Å². The molecule has 37 heavy (non-hydrogen) atoms. The largest absolute Gasteiger partial charge is 0.355 e. The van der Waals surface area contributed by atoms with Gasteiger partial charge in [-0.25, -0.2) is 12.8 Å². The van der Waals surface area contributed by atoms with Crippen LogP contribution >= 0.6 is 0 Å². The van der Waals surface area contributed by atoms with Gasteiger partial charge in [-0.05, 0) is 69.2 Å². The molecule has 1 unspecified atom stereocenters. The molecule has 2 amide bonds. The van der Waals surface area contributed by atoms with Crippen molar-refractivity contribution in [3.8, 4) is 0 Å². The van der Waals surface area contributed by atoms with E-state index in [0.717, 1.165) is 9.87 Å². The first-order valence-electron chi connectivity index (χ1n) is 12.0. The summed E-state index contributed by atoms with van der Waals surface area (Å²) in [5, 5.41) is 2.71. The number of hydrogen-bond acceptors (Lipinski definition) is 4. The summed E-state index contributed by atoms with van der Waals surface area (Å²) in [6.45, 7) is 6.89. The molecule has 9 heteroatoms. The number of carbonyl (C=O) groups is 2. The van der Waals surface area contributed by atoms with Gasteiger partial charge in [0.15, 0.2) is 0 Å². The zero-order chi connectivity index (χ0) is 27.2. The number of rotatable bonds is 10. The molecule has 0 aliphatic carbocycles. The number of amides is 2. The number of aryl methyl sites for hydroxylation is 2. The van der Waals surface area contributed by atoms with Crippen LogP contribution in [0.15, 0.2) is 77.7 Å². The minimum atomic E-state index is -4.12. The maximum atomic E-state index is 13.8. The molecular formula is C28H32FN3O4S. The molecule has 196 valence electrons. The van der Waals surface area contributed by atoms with Crippen molar-refractivity contribution in [2.45, 2.75) is 45.2 Å². The molecule has 3 aromatic carbocycles. The highest BCUT2D eigenvalue weighted by Crippen LogP contribution is 2.28. The van der Waals surface area contributed by atoms with Crippen LogP contribution in [0.25, 0.3) is 0 Å². The summed E-state index contributed by atoms with van der Waals surface area (Å²) >= 11 is 0. The average Bonchev–Trinajstić information content (AvgIpc) is 2.87. The van der Waals surface area contributed by atoms with Gasteiger partial charge in [0.2, 0.25) is 11.8 Å². The number of carbonyl (C=O) groups excluding carboxylic acids is 2.